The van der Waals surface area contributed by atoms with Gasteiger partial charge < -0.3 is 4.52 Å². The Morgan fingerprint density at radius 1 is 1.16 bits per heavy atom. The molecular formula is C14H12ClN3O. The Hall–Kier alpha value is -2.07. The van der Waals surface area contributed by atoms with Crippen molar-refractivity contribution in [3.05, 3.63) is 46.8 Å². The Kier molecular flexibility index (Phi) is 2.87. The Labute approximate surface area is 115 Å². The lowest BCUT2D eigenvalue weighted by molar-refractivity contribution is 0.400. The molecule has 0 aliphatic rings. The molecule has 19 heavy (non-hydrogen) atoms. The highest BCUT2D eigenvalue weighted by molar-refractivity contribution is 6.30. The summed E-state index contributed by atoms with van der Waals surface area (Å²) in [6.45, 7) is 3.84. The highest BCUT2D eigenvalue weighted by Gasteiger charge is 2.18. The first kappa shape index (κ1) is 12.0. The van der Waals surface area contributed by atoms with Crippen molar-refractivity contribution >= 4 is 11.6 Å². The molecule has 3 aromatic rings. The minimum absolute atomic E-state index is 0.695. The zero-order valence-corrected chi connectivity index (χ0v) is 11.3. The van der Waals surface area contributed by atoms with Crippen molar-refractivity contribution < 1.29 is 4.52 Å². The number of aromatic amines is 1. The number of nitrogens with zero attached hydrogens (tertiary/aromatic N) is 2. The molecule has 4 nitrogen and oxygen atoms in total. The van der Waals surface area contributed by atoms with Gasteiger partial charge in [-0.2, -0.15) is 5.10 Å². The number of nitrogens with one attached hydrogen (secondary N) is 1. The van der Waals surface area contributed by atoms with Crippen LogP contribution >= 0.6 is 11.6 Å². The fourth-order valence-corrected chi connectivity index (χ4v) is 2.15. The van der Waals surface area contributed by atoms with Crippen LogP contribution < -0.4 is 0 Å². The third-order valence-corrected chi connectivity index (χ3v) is 3.19. The van der Waals surface area contributed by atoms with Gasteiger partial charge in [0.1, 0.15) is 11.5 Å². The first-order valence-electron chi connectivity index (χ1n) is 5.90. The Morgan fingerprint density at radius 2 is 1.89 bits per heavy atom. The second kappa shape index (κ2) is 4.55. The summed E-state index contributed by atoms with van der Waals surface area (Å²) < 4.78 is 5.31. The molecule has 2 heterocycles. The average molecular weight is 274 g/mol. The SMILES string of the molecule is Cc1cc(-c2c(-c3ccc(Cl)cc3)noc2C)n[nH]1. The third-order valence-electron chi connectivity index (χ3n) is 2.94. The van der Waals surface area contributed by atoms with E-state index < -0.39 is 0 Å². The predicted octanol–water partition coefficient (Wildman–Crippen LogP) is 4.00. The number of benzene rings is 1. The molecule has 1 aromatic carbocycles. The quantitative estimate of drug-likeness (QED) is 0.768. The molecule has 0 aliphatic carbocycles. The van der Waals surface area contributed by atoms with Gasteiger partial charge in [0.25, 0.3) is 0 Å². The molecular weight excluding hydrogens is 262 g/mol. The molecule has 0 radical (unpaired) electrons. The summed E-state index contributed by atoms with van der Waals surface area (Å²) >= 11 is 5.90. The van der Waals surface area contributed by atoms with Gasteiger partial charge >= 0.3 is 0 Å². The normalized spacial score (nSPS) is 10.9. The highest BCUT2D eigenvalue weighted by Crippen LogP contribution is 2.33. The number of halogens is 1. The summed E-state index contributed by atoms with van der Waals surface area (Å²) in [5, 5.41) is 12.0. The number of hydrogen-bond acceptors (Lipinski definition) is 3. The van der Waals surface area contributed by atoms with E-state index in [-0.39, 0.29) is 0 Å². The molecule has 0 aliphatic heterocycles. The van der Waals surface area contributed by atoms with Gasteiger partial charge in [-0.25, -0.2) is 0 Å². The topological polar surface area (TPSA) is 54.7 Å². The summed E-state index contributed by atoms with van der Waals surface area (Å²) in [6.07, 6.45) is 0. The van der Waals surface area contributed by atoms with Crippen molar-refractivity contribution in [2.45, 2.75) is 13.8 Å². The van der Waals surface area contributed by atoms with Gasteiger partial charge in [-0.1, -0.05) is 28.9 Å². The first-order valence-corrected chi connectivity index (χ1v) is 6.27. The van der Waals surface area contributed by atoms with Crippen molar-refractivity contribution in [3.8, 4) is 22.5 Å². The summed E-state index contributed by atoms with van der Waals surface area (Å²) in [5.74, 6) is 0.747. The van der Waals surface area contributed by atoms with Crippen molar-refractivity contribution in [2.75, 3.05) is 0 Å². The summed E-state index contributed by atoms with van der Waals surface area (Å²) in [6, 6.07) is 9.48. The fourth-order valence-electron chi connectivity index (χ4n) is 2.02. The maximum absolute atomic E-state index is 5.90. The molecule has 0 unspecified atom stereocenters. The smallest absolute Gasteiger partial charge is 0.143 e. The van der Waals surface area contributed by atoms with Crippen LogP contribution in [-0.2, 0) is 0 Å². The van der Waals surface area contributed by atoms with Gasteiger partial charge in [0, 0.05) is 16.3 Å². The number of hydrogen-bond donors (Lipinski definition) is 1. The van der Waals surface area contributed by atoms with E-state index in [2.05, 4.69) is 15.4 Å². The van der Waals surface area contributed by atoms with E-state index in [1.54, 1.807) is 0 Å². The van der Waals surface area contributed by atoms with Gasteiger partial charge in [-0.3, -0.25) is 5.10 Å². The molecule has 0 saturated heterocycles. The summed E-state index contributed by atoms with van der Waals surface area (Å²) in [5.41, 5.74) is 4.48. The van der Waals surface area contributed by atoms with Gasteiger partial charge in [0.2, 0.25) is 0 Å². The fraction of sp³-hybridized carbons (Fsp3) is 0.143. The lowest BCUT2D eigenvalue weighted by Crippen LogP contribution is -1.84. The van der Waals surface area contributed by atoms with E-state index in [1.807, 2.05) is 44.2 Å². The van der Waals surface area contributed by atoms with Gasteiger partial charge in [-0.05, 0) is 32.0 Å². The number of rotatable bonds is 2. The van der Waals surface area contributed by atoms with E-state index in [0.29, 0.717) is 5.02 Å². The van der Waals surface area contributed by atoms with E-state index in [4.69, 9.17) is 16.1 Å². The summed E-state index contributed by atoms with van der Waals surface area (Å²) in [7, 11) is 0. The Balaban J connectivity index is 2.15. The maximum atomic E-state index is 5.90. The van der Waals surface area contributed by atoms with E-state index in [0.717, 1.165) is 34.0 Å². The molecule has 0 fully saturated rings. The van der Waals surface area contributed by atoms with Crippen molar-refractivity contribution in [2.24, 2.45) is 0 Å². The van der Waals surface area contributed by atoms with Crippen LogP contribution in [0.1, 0.15) is 11.5 Å². The minimum atomic E-state index is 0.695. The lowest BCUT2D eigenvalue weighted by atomic mass is 10.0. The molecule has 1 N–H and O–H groups in total. The molecule has 0 bridgehead atoms. The van der Waals surface area contributed by atoms with Crippen LogP contribution in [0.5, 0.6) is 0 Å². The highest BCUT2D eigenvalue weighted by atomic mass is 35.5. The maximum Gasteiger partial charge on any atom is 0.143 e. The second-order valence-corrected chi connectivity index (χ2v) is 4.84. The molecule has 5 heteroatoms. The first-order chi connectivity index (χ1) is 9.15. The Morgan fingerprint density at radius 3 is 2.53 bits per heavy atom. The van der Waals surface area contributed by atoms with Crippen LogP contribution in [0.15, 0.2) is 34.9 Å². The van der Waals surface area contributed by atoms with E-state index >= 15 is 0 Å². The molecule has 0 spiro atoms. The third kappa shape index (κ3) is 2.15. The largest absolute Gasteiger partial charge is 0.360 e. The van der Waals surface area contributed by atoms with Crippen LogP contribution in [0, 0.1) is 13.8 Å². The van der Waals surface area contributed by atoms with Gasteiger partial charge in [0.05, 0.1) is 11.3 Å². The van der Waals surface area contributed by atoms with Crippen LogP contribution in [0.4, 0.5) is 0 Å². The average Bonchev–Trinajstić information content (AvgIpc) is 2.96. The van der Waals surface area contributed by atoms with Crippen molar-refractivity contribution in [1.29, 1.82) is 0 Å². The van der Waals surface area contributed by atoms with Crippen LogP contribution in [-0.4, -0.2) is 15.4 Å². The van der Waals surface area contributed by atoms with Gasteiger partial charge in [-0.15, -0.1) is 0 Å². The zero-order chi connectivity index (χ0) is 13.4. The molecule has 0 amide bonds. The molecule has 0 saturated carbocycles. The van der Waals surface area contributed by atoms with Crippen LogP contribution in [0.25, 0.3) is 22.5 Å². The monoisotopic (exact) mass is 273 g/mol. The van der Waals surface area contributed by atoms with Gasteiger partial charge in [0.15, 0.2) is 0 Å². The summed E-state index contributed by atoms with van der Waals surface area (Å²) in [4.78, 5) is 0. The predicted molar refractivity (Wildman–Crippen MR) is 74.0 cm³/mol. The molecule has 2 aromatic heterocycles. The molecule has 0 atom stereocenters. The van der Waals surface area contributed by atoms with E-state index in [9.17, 15) is 0 Å². The number of aromatic nitrogens is 3. The van der Waals surface area contributed by atoms with Crippen molar-refractivity contribution in [3.63, 3.8) is 0 Å². The van der Waals surface area contributed by atoms with Crippen LogP contribution in [0.3, 0.4) is 0 Å². The van der Waals surface area contributed by atoms with Crippen molar-refractivity contribution in [1.82, 2.24) is 15.4 Å². The second-order valence-electron chi connectivity index (χ2n) is 4.41. The standard InChI is InChI=1S/C14H12ClN3O/c1-8-7-12(17-16-8)13-9(2)19-18-14(13)10-3-5-11(15)6-4-10/h3-7H,1-2H3,(H,16,17). The lowest BCUT2D eigenvalue weighted by Gasteiger charge is -1.99. The van der Waals surface area contributed by atoms with Crippen LogP contribution in [0.2, 0.25) is 5.02 Å². The number of aryl methyl sites for hydroxylation is 2. The minimum Gasteiger partial charge on any atom is -0.360 e. The molecule has 96 valence electrons. The van der Waals surface area contributed by atoms with E-state index in [1.165, 1.54) is 0 Å². The molecule has 3 rings (SSSR count). The zero-order valence-electron chi connectivity index (χ0n) is 10.6. The Bertz CT molecular complexity index is 713. The number of H-pyrrole nitrogens is 1.